The number of hydrogen-bond donors (Lipinski definition) is 0. The highest BCUT2D eigenvalue weighted by Gasteiger charge is 2.18. The van der Waals surface area contributed by atoms with Crippen LogP contribution in [0.15, 0.2) is 41.8 Å². The standard InChI is InChI=1S/C11H10IS/c1-9-7-8-13-11(9)12-10-5-3-2-4-6-10/h2-8H,1H3/q+1. The minimum Gasteiger partial charge on any atom is -0.0960 e. The lowest BCUT2D eigenvalue weighted by atomic mass is 10.4. The van der Waals surface area contributed by atoms with Gasteiger partial charge in [-0.25, -0.2) is 0 Å². The molecule has 1 aromatic heterocycles. The molecule has 0 fully saturated rings. The fraction of sp³-hybridized carbons (Fsp3) is 0.0909. The van der Waals surface area contributed by atoms with E-state index in [4.69, 9.17) is 0 Å². The van der Waals surface area contributed by atoms with Gasteiger partial charge in [0.05, 0.1) is 0 Å². The number of hydrogen-bond acceptors (Lipinski definition) is 1. The zero-order valence-corrected chi connectivity index (χ0v) is 10.3. The predicted molar refractivity (Wildman–Crippen MR) is 52.9 cm³/mol. The van der Waals surface area contributed by atoms with Crippen molar-refractivity contribution in [2.75, 3.05) is 0 Å². The van der Waals surface area contributed by atoms with Crippen LogP contribution < -0.4 is 21.2 Å². The fourth-order valence-electron chi connectivity index (χ4n) is 1.03. The number of benzene rings is 1. The fourth-order valence-corrected chi connectivity index (χ4v) is 5.08. The van der Waals surface area contributed by atoms with Crippen LogP contribution in [0.4, 0.5) is 0 Å². The summed E-state index contributed by atoms with van der Waals surface area (Å²) in [5.74, 6) is 0. The first kappa shape index (κ1) is 9.21. The second-order valence-electron chi connectivity index (χ2n) is 2.77. The molecule has 2 aromatic rings. The Bertz CT molecular complexity index is 378. The third kappa shape index (κ3) is 2.31. The van der Waals surface area contributed by atoms with Gasteiger partial charge in [-0.3, -0.25) is 0 Å². The summed E-state index contributed by atoms with van der Waals surface area (Å²) in [5, 5.41) is 2.19. The first-order valence-corrected chi connectivity index (χ1v) is 7.14. The van der Waals surface area contributed by atoms with Crippen LogP contribution in [0.5, 0.6) is 0 Å². The molecule has 2 rings (SSSR count). The maximum absolute atomic E-state index is 2.23. The van der Waals surface area contributed by atoms with Crippen molar-refractivity contribution < 1.29 is 21.2 Å². The molecule has 0 aliphatic rings. The van der Waals surface area contributed by atoms with Crippen LogP contribution in [0, 0.1) is 13.4 Å². The summed E-state index contributed by atoms with van der Waals surface area (Å²) in [7, 11) is 0. The van der Waals surface area contributed by atoms with Gasteiger partial charge in [0.25, 0.3) is 2.88 Å². The van der Waals surface area contributed by atoms with Gasteiger partial charge in [0.15, 0.2) is 3.57 Å². The van der Waals surface area contributed by atoms with Crippen molar-refractivity contribution in [2.24, 2.45) is 0 Å². The van der Waals surface area contributed by atoms with Gasteiger partial charge in [-0.05, 0) is 30.5 Å². The summed E-state index contributed by atoms with van der Waals surface area (Å²) in [6.07, 6.45) is 0. The Kier molecular flexibility index (Phi) is 3.01. The van der Waals surface area contributed by atoms with E-state index in [-0.39, 0.29) is 21.2 Å². The number of thiophene rings is 1. The van der Waals surface area contributed by atoms with E-state index in [9.17, 15) is 0 Å². The molecule has 1 heterocycles. The molecule has 2 heteroatoms. The van der Waals surface area contributed by atoms with Crippen molar-refractivity contribution in [3.63, 3.8) is 0 Å². The van der Waals surface area contributed by atoms with Gasteiger partial charge in [0.1, 0.15) is 0 Å². The second kappa shape index (κ2) is 4.24. The molecule has 0 N–H and O–H groups in total. The summed E-state index contributed by atoms with van der Waals surface area (Å²) in [5.41, 5.74) is 1.46. The molecule has 1 aromatic carbocycles. The van der Waals surface area contributed by atoms with Crippen molar-refractivity contribution in [1.29, 1.82) is 0 Å². The molecule has 0 saturated carbocycles. The Morgan fingerprint density at radius 3 is 2.46 bits per heavy atom. The zero-order valence-electron chi connectivity index (χ0n) is 7.33. The van der Waals surface area contributed by atoms with Crippen molar-refractivity contribution in [3.05, 3.63) is 53.8 Å². The third-order valence-electron chi connectivity index (χ3n) is 1.73. The van der Waals surface area contributed by atoms with E-state index in [2.05, 4.69) is 48.7 Å². The van der Waals surface area contributed by atoms with Crippen LogP contribution in [-0.2, 0) is 0 Å². The second-order valence-corrected chi connectivity index (χ2v) is 7.28. The van der Waals surface area contributed by atoms with Crippen LogP contribution in [-0.4, -0.2) is 0 Å². The van der Waals surface area contributed by atoms with Gasteiger partial charge in [0.2, 0.25) is 0 Å². The molecule has 0 bridgehead atoms. The maximum Gasteiger partial charge on any atom is 0.370 e. The van der Waals surface area contributed by atoms with Crippen molar-refractivity contribution in [1.82, 2.24) is 0 Å². The minimum absolute atomic E-state index is 0.0631. The molecule has 13 heavy (non-hydrogen) atoms. The Labute approximate surface area is 92.9 Å². The van der Waals surface area contributed by atoms with Gasteiger partial charge in [-0.1, -0.05) is 29.5 Å². The average Bonchev–Trinajstić information content (AvgIpc) is 2.54. The van der Waals surface area contributed by atoms with E-state index < -0.39 is 0 Å². The Balaban J connectivity index is 2.20. The molecular weight excluding hydrogens is 291 g/mol. The number of aryl methyl sites for hydroxylation is 1. The normalized spacial score (nSPS) is 10.2. The lowest BCUT2D eigenvalue weighted by molar-refractivity contribution is -0.591. The van der Waals surface area contributed by atoms with E-state index in [1.54, 1.807) is 2.88 Å². The van der Waals surface area contributed by atoms with Gasteiger partial charge < -0.3 is 0 Å². The van der Waals surface area contributed by atoms with E-state index >= 15 is 0 Å². The number of rotatable bonds is 2. The molecule has 0 radical (unpaired) electrons. The molecule has 0 aliphatic carbocycles. The van der Waals surface area contributed by atoms with E-state index in [1.165, 1.54) is 9.13 Å². The molecule has 66 valence electrons. The molecule has 0 unspecified atom stereocenters. The Hall–Kier alpha value is -0.350. The Morgan fingerprint density at radius 2 is 1.85 bits per heavy atom. The van der Waals surface area contributed by atoms with Gasteiger partial charge >= 0.3 is 21.2 Å². The zero-order chi connectivity index (χ0) is 9.10. The van der Waals surface area contributed by atoms with Gasteiger partial charge in [-0.2, -0.15) is 0 Å². The quantitative estimate of drug-likeness (QED) is 0.695. The molecule has 0 amide bonds. The van der Waals surface area contributed by atoms with E-state index in [0.717, 1.165) is 0 Å². The van der Waals surface area contributed by atoms with Crippen LogP contribution in [0.3, 0.4) is 0 Å². The predicted octanol–water partition coefficient (Wildman–Crippen LogP) is 0.185. The lowest BCUT2D eigenvalue weighted by Gasteiger charge is -1.82. The summed E-state index contributed by atoms with van der Waals surface area (Å²) in [4.78, 5) is 0. The molecule has 0 saturated heterocycles. The largest absolute Gasteiger partial charge is 0.370 e. The van der Waals surface area contributed by atoms with Crippen molar-refractivity contribution >= 4 is 11.3 Å². The number of halogens is 1. The van der Waals surface area contributed by atoms with Crippen LogP contribution >= 0.6 is 11.3 Å². The third-order valence-corrected chi connectivity index (χ3v) is 6.49. The Morgan fingerprint density at radius 1 is 1.08 bits per heavy atom. The van der Waals surface area contributed by atoms with Crippen LogP contribution in [0.25, 0.3) is 0 Å². The van der Waals surface area contributed by atoms with Gasteiger partial charge in [0, 0.05) is 5.56 Å². The average molecular weight is 301 g/mol. The van der Waals surface area contributed by atoms with Gasteiger partial charge in [-0.15, -0.1) is 0 Å². The maximum atomic E-state index is 2.23. The van der Waals surface area contributed by atoms with Crippen molar-refractivity contribution in [2.45, 2.75) is 6.92 Å². The highest BCUT2D eigenvalue weighted by Crippen LogP contribution is 2.03. The van der Waals surface area contributed by atoms with Crippen molar-refractivity contribution in [3.8, 4) is 0 Å². The summed E-state index contributed by atoms with van der Waals surface area (Å²) in [6, 6.07) is 13.0. The summed E-state index contributed by atoms with van der Waals surface area (Å²) in [6.45, 7) is 2.20. The highest BCUT2D eigenvalue weighted by molar-refractivity contribution is 7.07. The topological polar surface area (TPSA) is 0 Å². The minimum atomic E-state index is 0.0631. The molecule has 0 aliphatic heterocycles. The monoisotopic (exact) mass is 301 g/mol. The summed E-state index contributed by atoms with van der Waals surface area (Å²) < 4.78 is 3.09. The molecule has 0 atom stereocenters. The summed E-state index contributed by atoms with van der Waals surface area (Å²) >= 11 is 1.96. The lowest BCUT2D eigenvalue weighted by Crippen LogP contribution is -3.61. The van der Waals surface area contributed by atoms with E-state index in [0.29, 0.717) is 0 Å². The van der Waals surface area contributed by atoms with E-state index in [1.807, 2.05) is 11.3 Å². The van der Waals surface area contributed by atoms with Crippen LogP contribution in [0.2, 0.25) is 0 Å². The first-order valence-electron chi connectivity index (χ1n) is 4.10. The SMILES string of the molecule is Cc1ccsc1[I+]c1ccccc1. The molecule has 0 spiro atoms. The molecule has 0 nitrogen and oxygen atoms in total. The smallest absolute Gasteiger partial charge is 0.0960 e. The van der Waals surface area contributed by atoms with Crippen LogP contribution in [0.1, 0.15) is 5.56 Å². The first-order chi connectivity index (χ1) is 6.36. The molecular formula is C11H10IS+. The highest BCUT2D eigenvalue weighted by atomic mass is 127.